The monoisotopic (exact) mass is 295 g/mol. The van der Waals surface area contributed by atoms with Crippen molar-refractivity contribution in [3.8, 4) is 0 Å². The van der Waals surface area contributed by atoms with Crippen LogP contribution in [-0.2, 0) is 9.47 Å². The summed E-state index contributed by atoms with van der Waals surface area (Å²) >= 11 is 0. The lowest BCUT2D eigenvalue weighted by molar-refractivity contribution is -0.0925. The highest BCUT2D eigenvalue weighted by atomic mass is 19.1. The Balaban J connectivity index is 2.23. The van der Waals surface area contributed by atoms with Gasteiger partial charge in [-0.2, -0.15) is 0 Å². The van der Waals surface area contributed by atoms with Gasteiger partial charge in [0.1, 0.15) is 17.5 Å². The lowest BCUT2D eigenvalue weighted by Gasteiger charge is -2.26. The van der Waals surface area contributed by atoms with E-state index in [1.165, 1.54) is 12.1 Å². The first-order valence-corrected chi connectivity index (χ1v) is 6.99. The highest BCUT2D eigenvalue weighted by Crippen LogP contribution is 2.39. The molecule has 1 fully saturated rings. The predicted molar refractivity (Wildman–Crippen MR) is 78.6 cm³/mol. The molecule has 1 aromatic rings. The molecule has 1 heterocycles. The molecular formula is C16H22FNO3. The number of carbonyl (C=O) groups excluding carboxylic acids is 1. The smallest absolute Gasteiger partial charge is 0.341 e. The second kappa shape index (κ2) is 4.98. The van der Waals surface area contributed by atoms with Gasteiger partial charge in [-0.15, -0.1) is 0 Å². The van der Waals surface area contributed by atoms with Crippen LogP contribution in [-0.4, -0.2) is 23.3 Å². The third-order valence-corrected chi connectivity index (χ3v) is 3.74. The first-order valence-electron chi connectivity index (χ1n) is 6.99. The van der Waals surface area contributed by atoms with Crippen molar-refractivity contribution >= 4 is 11.7 Å². The van der Waals surface area contributed by atoms with Crippen LogP contribution < -0.4 is 5.73 Å². The second-order valence-electron chi connectivity index (χ2n) is 6.76. The van der Waals surface area contributed by atoms with Crippen molar-refractivity contribution in [1.82, 2.24) is 0 Å². The maximum absolute atomic E-state index is 14.1. The van der Waals surface area contributed by atoms with Gasteiger partial charge in [-0.05, 0) is 52.3 Å². The third-order valence-electron chi connectivity index (χ3n) is 3.74. The Kier molecular flexibility index (Phi) is 3.74. The molecule has 1 aliphatic heterocycles. The zero-order valence-electron chi connectivity index (χ0n) is 13.1. The fourth-order valence-electron chi connectivity index (χ4n) is 2.83. The standard InChI is InChI=1S/C16H22FNO3/c1-9-6-10(18)7-11(13(9)17)14(19)20-12-8-15(2,3)21-16(12,4)5/h6-7,12H,8,18H2,1-5H3. The molecule has 0 spiro atoms. The molecule has 0 aromatic heterocycles. The summed E-state index contributed by atoms with van der Waals surface area (Å²) in [5, 5.41) is 0. The molecule has 0 radical (unpaired) electrons. The van der Waals surface area contributed by atoms with Crippen LogP contribution >= 0.6 is 0 Å². The van der Waals surface area contributed by atoms with Crippen molar-refractivity contribution in [3.63, 3.8) is 0 Å². The third kappa shape index (κ3) is 3.18. The highest BCUT2D eigenvalue weighted by molar-refractivity contribution is 5.91. The number of halogens is 1. The Morgan fingerprint density at radius 3 is 2.52 bits per heavy atom. The zero-order valence-corrected chi connectivity index (χ0v) is 13.1. The summed E-state index contributed by atoms with van der Waals surface area (Å²) in [5.41, 5.74) is 5.22. The molecule has 0 saturated carbocycles. The first kappa shape index (κ1) is 15.8. The highest BCUT2D eigenvalue weighted by Gasteiger charge is 2.48. The molecule has 2 N–H and O–H groups in total. The van der Waals surface area contributed by atoms with Crippen LogP contribution in [0.5, 0.6) is 0 Å². The summed E-state index contributed by atoms with van der Waals surface area (Å²) in [5.74, 6) is -1.30. The van der Waals surface area contributed by atoms with Crippen LogP contribution in [0.2, 0.25) is 0 Å². The Morgan fingerprint density at radius 2 is 2.00 bits per heavy atom. The van der Waals surface area contributed by atoms with Crippen LogP contribution in [0.15, 0.2) is 12.1 Å². The fraction of sp³-hybridized carbons (Fsp3) is 0.562. The number of hydrogen-bond donors (Lipinski definition) is 1. The number of nitrogens with two attached hydrogens (primary N) is 1. The molecule has 1 atom stereocenters. The maximum Gasteiger partial charge on any atom is 0.341 e. The second-order valence-corrected chi connectivity index (χ2v) is 6.76. The number of carbonyl (C=O) groups is 1. The van der Waals surface area contributed by atoms with Crippen molar-refractivity contribution in [2.75, 3.05) is 5.73 Å². The van der Waals surface area contributed by atoms with Crippen molar-refractivity contribution in [2.45, 2.75) is 58.3 Å². The minimum atomic E-state index is -0.706. The lowest BCUT2D eigenvalue weighted by Crippen LogP contribution is -2.36. The van der Waals surface area contributed by atoms with Crippen LogP contribution in [0.25, 0.3) is 0 Å². The van der Waals surface area contributed by atoms with Gasteiger partial charge in [-0.3, -0.25) is 0 Å². The molecule has 1 aliphatic rings. The van der Waals surface area contributed by atoms with Crippen LogP contribution in [0.3, 0.4) is 0 Å². The Bertz CT molecular complexity index is 581. The minimum absolute atomic E-state index is 0.131. The van der Waals surface area contributed by atoms with Gasteiger partial charge in [0, 0.05) is 12.1 Å². The largest absolute Gasteiger partial charge is 0.456 e. The number of rotatable bonds is 2. The van der Waals surface area contributed by atoms with E-state index in [2.05, 4.69) is 0 Å². The van der Waals surface area contributed by atoms with E-state index in [4.69, 9.17) is 15.2 Å². The molecular weight excluding hydrogens is 273 g/mol. The minimum Gasteiger partial charge on any atom is -0.456 e. The molecule has 4 nitrogen and oxygen atoms in total. The van der Waals surface area contributed by atoms with Crippen LogP contribution in [0.4, 0.5) is 10.1 Å². The Labute approximate surface area is 124 Å². The number of hydrogen-bond acceptors (Lipinski definition) is 4. The molecule has 1 saturated heterocycles. The molecule has 0 aliphatic carbocycles. The molecule has 1 unspecified atom stereocenters. The number of esters is 1. The summed E-state index contributed by atoms with van der Waals surface area (Å²) < 4.78 is 25.4. The van der Waals surface area contributed by atoms with E-state index in [-0.39, 0.29) is 11.2 Å². The number of aryl methyl sites for hydroxylation is 1. The fourth-order valence-corrected chi connectivity index (χ4v) is 2.83. The van der Waals surface area contributed by atoms with Crippen LogP contribution in [0, 0.1) is 12.7 Å². The quantitative estimate of drug-likeness (QED) is 0.672. The van der Waals surface area contributed by atoms with Gasteiger partial charge in [-0.25, -0.2) is 9.18 Å². The zero-order chi connectivity index (χ0) is 16.0. The van der Waals surface area contributed by atoms with E-state index in [9.17, 15) is 9.18 Å². The van der Waals surface area contributed by atoms with E-state index in [0.29, 0.717) is 17.7 Å². The SMILES string of the molecule is Cc1cc(N)cc(C(=O)OC2CC(C)(C)OC2(C)C)c1F. The number of benzene rings is 1. The van der Waals surface area contributed by atoms with Gasteiger partial charge in [0.05, 0.1) is 11.2 Å². The van der Waals surface area contributed by atoms with Gasteiger partial charge < -0.3 is 15.2 Å². The van der Waals surface area contributed by atoms with Gasteiger partial charge in [0.15, 0.2) is 0 Å². The van der Waals surface area contributed by atoms with Crippen molar-refractivity contribution in [3.05, 3.63) is 29.1 Å². The van der Waals surface area contributed by atoms with E-state index < -0.39 is 23.5 Å². The van der Waals surface area contributed by atoms with Crippen molar-refractivity contribution in [1.29, 1.82) is 0 Å². The molecule has 21 heavy (non-hydrogen) atoms. The molecule has 5 heteroatoms. The van der Waals surface area contributed by atoms with Crippen molar-refractivity contribution in [2.24, 2.45) is 0 Å². The Morgan fingerprint density at radius 1 is 1.38 bits per heavy atom. The summed E-state index contributed by atoms with van der Waals surface area (Å²) in [7, 11) is 0. The van der Waals surface area contributed by atoms with Gasteiger partial charge in [0.2, 0.25) is 0 Å². The summed E-state index contributed by atoms with van der Waals surface area (Å²) in [4.78, 5) is 12.3. The number of ether oxygens (including phenoxy) is 2. The van der Waals surface area contributed by atoms with E-state index >= 15 is 0 Å². The van der Waals surface area contributed by atoms with E-state index in [1.807, 2.05) is 27.7 Å². The maximum atomic E-state index is 14.1. The van der Waals surface area contributed by atoms with Crippen molar-refractivity contribution < 1.29 is 18.7 Å². The van der Waals surface area contributed by atoms with Gasteiger partial charge >= 0.3 is 5.97 Å². The topological polar surface area (TPSA) is 61.6 Å². The molecule has 1 aromatic carbocycles. The van der Waals surface area contributed by atoms with Gasteiger partial charge in [-0.1, -0.05) is 0 Å². The van der Waals surface area contributed by atoms with E-state index in [0.717, 1.165) is 0 Å². The number of nitrogen functional groups attached to an aromatic ring is 1. The predicted octanol–water partition coefficient (Wildman–Crippen LogP) is 3.22. The molecule has 0 bridgehead atoms. The summed E-state index contributed by atoms with van der Waals surface area (Å²) in [6, 6.07) is 2.79. The lowest BCUT2D eigenvalue weighted by atomic mass is 9.97. The number of anilines is 1. The average Bonchev–Trinajstić information content (AvgIpc) is 2.51. The molecule has 0 amide bonds. The molecule has 2 rings (SSSR count). The molecule has 116 valence electrons. The van der Waals surface area contributed by atoms with Crippen LogP contribution in [0.1, 0.15) is 50.0 Å². The normalized spacial score (nSPS) is 23.0. The Hall–Kier alpha value is -1.62. The van der Waals surface area contributed by atoms with E-state index in [1.54, 1.807) is 6.92 Å². The first-order chi connectivity index (χ1) is 9.52. The van der Waals surface area contributed by atoms with Gasteiger partial charge in [0.25, 0.3) is 0 Å². The summed E-state index contributed by atoms with van der Waals surface area (Å²) in [6.07, 6.45) is 0.135. The average molecular weight is 295 g/mol. The summed E-state index contributed by atoms with van der Waals surface area (Å²) in [6.45, 7) is 9.16.